The summed E-state index contributed by atoms with van der Waals surface area (Å²) in [5.41, 5.74) is 3.59. The van der Waals surface area contributed by atoms with Crippen molar-refractivity contribution in [1.29, 1.82) is 0 Å². The smallest absolute Gasteiger partial charge is 0.253 e. The molecular weight excluding hydrogens is 314 g/mol. The van der Waals surface area contributed by atoms with E-state index in [0.717, 1.165) is 48.6 Å². The van der Waals surface area contributed by atoms with E-state index < -0.39 is 0 Å². The highest BCUT2D eigenvalue weighted by Gasteiger charge is 2.18. The summed E-state index contributed by atoms with van der Waals surface area (Å²) in [7, 11) is 1.86. The highest BCUT2D eigenvalue weighted by molar-refractivity contribution is 5.95. The average molecular weight is 341 g/mol. The van der Waals surface area contributed by atoms with Gasteiger partial charge in [-0.25, -0.2) is 4.98 Å². The summed E-state index contributed by atoms with van der Waals surface area (Å²) in [5.74, 6) is 0.927. The van der Waals surface area contributed by atoms with Crippen LogP contribution in [-0.4, -0.2) is 47.1 Å². The fourth-order valence-corrected chi connectivity index (χ4v) is 3.39. The highest BCUT2D eigenvalue weighted by atomic mass is 16.5. The molecule has 3 rings (SSSR count). The first-order valence-electron chi connectivity index (χ1n) is 9.05. The number of carbonyl (C=O) groups excluding carboxylic acids is 1. The molecule has 5 nitrogen and oxygen atoms in total. The van der Waals surface area contributed by atoms with E-state index >= 15 is 0 Å². The second-order valence-electron chi connectivity index (χ2n) is 6.88. The van der Waals surface area contributed by atoms with E-state index in [1.54, 1.807) is 4.90 Å². The molecule has 1 aromatic carbocycles. The quantitative estimate of drug-likeness (QED) is 0.901. The Balaban J connectivity index is 1.67. The van der Waals surface area contributed by atoms with Crippen molar-refractivity contribution in [2.24, 2.45) is 0 Å². The van der Waals surface area contributed by atoms with E-state index in [0.29, 0.717) is 18.2 Å². The van der Waals surface area contributed by atoms with Gasteiger partial charge in [-0.05, 0) is 51.7 Å². The Morgan fingerprint density at radius 3 is 2.88 bits per heavy atom. The molecule has 1 aromatic heterocycles. The Morgan fingerprint density at radius 1 is 1.36 bits per heavy atom. The third kappa shape index (κ3) is 4.28. The fourth-order valence-electron chi connectivity index (χ4n) is 3.39. The number of imidazole rings is 1. The van der Waals surface area contributed by atoms with Gasteiger partial charge in [0, 0.05) is 37.0 Å². The number of aromatic amines is 1. The molecule has 0 spiro atoms. The van der Waals surface area contributed by atoms with Crippen LogP contribution in [0.2, 0.25) is 0 Å². The molecule has 25 heavy (non-hydrogen) atoms. The lowest BCUT2D eigenvalue weighted by atomic mass is 10.0. The van der Waals surface area contributed by atoms with Gasteiger partial charge in [-0.1, -0.05) is 12.1 Å². The number of ether oxygens (including phenoxy) is 1. The van der Waals surface area contributed by atoms with E-state index in [-0.39, 0.29) is 5.91 Å². The van der Waals surface area contributed by atoms with E-state index in [9.17, 15) is 4.79 Å². The number of benzene rings is 1. The Hall–Kier alpha value is -2.14. The van der Waals surface area contributed by atoms with Crippen LogP contribution in [0.1, 0.15) is 47.6 Å². The molecule has 2 heterocycles. The van der Waals surface area contributed by atoms with Crippen LogP contribution in [0.25, 0.3) is 11.3 Å². The molecule has 0 bridgehead atoms. The van der Waals surface area contributed by atoms with E-state index in [1.807, 2.05) is 45.2 Å². The van der Waals surface area contributed by atoms with Gasteiger partial charge in [-0.2, -0.15) is 0 Å². The summed E-state index contributed by atoms with van der Waals surface area (Å²) in [5, 5.41) is 0. The molecule has 1 aliphatic rings. The Morgan fingerprint density at radius 2 is 2.20 bits per heavy atom. The predicted octanol–water partition coefficient (Wildman–Crippen LogP) is 3.72. The summed E-state index contributed by atoms with van der Waals surface area (Å²) >= 11 is 0. The van der Waals surface area contributed by atoms with E-state index in [4.69, 9.17) is 4.74 Å². The zero-order chi connectivity index (χ0) is 17.8. The van der Waals surface area contributed by atoms with Crippen LogP contribution in [0.5, 0.6) is 0 Å². The maximum atomic E-state index is 12.7. The molecule has 1 amide bonds. The maximum absolute atomic E-state index is 12.7. The van der Waals surface area contributed by atoms with Crippen LogP contribution in [0.15, 0.2) is 24.3 Å². The number of nitrogens with one attached hydrogen (secondary N) is 1. The number of aryl methyl sites for hydroxylation is 2. The van der Waals surface area contributed by atoms with Crippen molar-refractivity contribution < 1.29 is 9.53 Å². The standard InChI is InChI=1S/C20H27N3O2/c1-14-19(22-15(2)21-14)16-7-6-8-17(13-16)20(24)23(3)11-10-18-9-4-5-12-25-18/h6-8,13,18H,4-5,9-12H2,1-3H3,(H,21,22)/t18-/m0/s1. The van der Waals surface area contributed by atoms with Crippen molar-refractivity contribution >= 4 is 5.91 Å². The molecule has 0 radical (unpaired) electrons. The first-order chi connectivity index (χ1) is 12.0. The Kier molecular flexibility index (Phi) is 5.53. The minimum atomic E-state index is 0.0440. The number of rotatable bonds is 5. The van der Waals surface area contributed by atoms with Gasteiger partial charge in [0.1, 0.15) is 5.82 Å². The molecular formula is C20H27N3O2. The SMILES string of the molecule is Cc1nc(-c2cccc(C(=O)N(C)CC[C@@H]3CCCCO3)c2)c(C)[nH]1. The summed E-state index contributed by atoms with van der Waals surface area (Å²) < 4.78 is 5.76. The number of hydrogen-bond acceptors (Lipinski definition) is 3. The molecule has 134 valence electrons. The van der Waals surface area contributed by atoms with Gasteiger partial charge in [0.25, 0.3) is 5.91 Å². The van der Waals surface area contributed by atoms with Gasteiger partial charge >= 0.3 is 0 Å². The molecule has 1 saturated heterocycles. The lowest BCUT2D eigenvalue weighted by Crippen LogP contribution is -2.31. The summed E-state index contributed by atoms with van der Waals surface area (Å²) in [6.45, 7) is 5.51. The van der Waals surface area contributed by atoms with Crippen LogP contribution >= 0.6 is 0 Å². The number of H-pyrrole nitrogens is 1. The second-order valence-corrected chi connectivity index (χ2v) is 6.88. The largest absolute Gasteiger partial charge is 0.378 e. The van der Waals surface area contributed by atoms with E-state index in [2.05, 4.69) is 9.97 Å². The molecule has 5 heteroatoms. The summed E-state index contributed by atoms with van der Waals surface area (Å²) in [6.07, 6.45) is 4.69. The number of amides is 1. The zero-order valence-corrected chi connectivity index (χ0v) is 15.3. The lowest BCUT2D eigenvalue weighted by Gasteiger charge is -2.25. The van der Waals surface area contributed by atoms with E-state index in [1.165, 1.54) is 6.42 Å². The summed E-state index contributed by atoms with van der Waals surface area (Å²) in [6, 6.07) is 7.71. The van der Waals surface area contributed by atoms with Crippen molar-refractivity contribution in [2.75, 3.05) is 20.2 Å². The molecule has 1 aliphatic heterocycles. The van der Waals surface area contributed by atoms with Gasteiger partial charge in [-0.3, -0.25) is 4.79 Å². The predicted molar refractivity (Wildman–Crippen MR) is 98.7 cm³/mol. The average Bonchev–Trinajstić information content (AvgIpc) is 2.98. The first kappa shape index (κ1) is 17.7. The number of nitrogens with zero attached hydrogens (tertiary/aromatic N) is 2. The fraction of sp³-hybridized carbons (Fsp3) is 0.500. The Bertz CT molecular complexity index is 732. The van der Waals surface area contributed by atoms with Crippen molar-refractivity contribution in [3.63, 3.8) is 0 Å². The topological polar surface area (TPSA) is 58.2 Å². The molecule has 0 saturated carbocycles. The van der Waals surface area contributed by atoms with Crippen LogP contribution in [-0.2, 0) is 4.74 Å². The molecule has 2 aromatic rings. The normalized spacial score (nSPS) is 17.5. The van der Waals surface area contributed by atoms with Crippen molar-refractivity contribution in [2.45, 2.75) is 45.6 Å². The van der Waals surface area contributed by atoms with Gasteiger partial charge < -0.3 is 14.6 Å². The van der Waals surface area contributed by atoms with Crippen LogP contribution in [0.3, 0.4) is 0 Å². The van der Waals surface area contributed by atoms with Gasteiger partial charge in [0.05, 0.1) is 11.8 Å². The first-order valence-corrected chi connectivity index (χ1v) is 9.05. The van der Waals surface area contributed by atoms with Gasteiger partial charge in [-0.15, -0.1) is 0 Å². The van der Waals surface area contributed by atoms with Crippen LogP contribution < -0.4 is 0 Å². The molecule has 1 atom stereocenters. The molecule has 0 aliphatic carbocycles. The number of carbonyl (C=O) groups is 1. The van der Waals surface area contributed by atoms with Crippen LogP contribution in [0, 0.1) is 13.8 Å². The summed E-state index contributed by atoms with van der Waals surface area (Å²) in [4.78, 5) is 22.3. The zero-order valence-electron chi connectivity index (χ0n) is 15.3. The third-order valence-electron chi connectivity index (χ3n) is 4.79. The monoisotopic (exact) mass is 341 g/mol. The van der Waals surface area contributed by atoms with Gasteiger partial charge in [0.2, 0.25) is 0 Å². The lowest BCUT2D eigenvalue weighted by molar-refractivity contribution is 0.00709. The van der Waals surface area contributed by atoms with Crippen molar-refractivity contribution in [1.82, 2.24) is 14.9 Å². The minimum absolute atomic E-state index is 0.0440. The molecule has 0 unspecified atom stereocenters. The Labute approximate surface area is 149 Å². The van der Waals surface area contributed by atoms with Crippen LogP contribution in [0.4, 0.5) is 0 Å². The molecule has 1 N–H and O–H groups in total. The molecule has 1 fully saturated rings. The van der Waals surface area contributed by atoms with Crippen molar-refractivity contribution in [3.8, 4) is 11.3 Å². The van der Waals surface area contributed by atoms with Gasteiger partial charge in [0.15, 0.2) is 0 Å². The second kappa shape index (κ2) is 7.83. The number of hydrogen-bond donors (Lipinski definition) is 1. The van der Waals surface area contributed by atoms with Crippen molar-refractivity contribution in [3.05, 3.63) is 41.3 Å². The highest BCUT2D eigenvalue weighted by Crippen LogP contribution is 2.23. The third-order valence-corrected chi connectivity index (χ3v) is 4.79. The maximum Gasteiger partial charge on any atom is 0.253 e. The number of aromatic nitrogens is 2. The minimum Gasteiger partial charge on any atom is -0.378 e.